The monoisotopic (exact) mass is 483 g/mol. The Bertz CT molecular complexity index is 969. The van der Waals surface area contributed by atoms with E-state index in [4.69, 9.17) is 4.74 Å². The van der Waals surface area contributed by atoms with Crippen molar-refractivity contribution in [1.82, 2.24) is 9.80 Å². The largest absolute Gasteiger partial charge is 0.456 e. The van der Waals surface area contributed by atoms with Crippen LogP contribution in [0.1, 0.15) is 55.3 Å². The molecule has 34 heavy (non-hydrogen) atoms. The van der Waals surface area contributed by atoms with Crippen molar-refractivity contribution in [3.05, 3.63) is 65.0 Å². The van der Waals surface area contributed by atoms with Crippen LogP contribution in [-0.2, 0) is 4.74 Å². The fraction of sp³-hybridized carbons (Fsp3) is 0.481. The Morgan fingerprint density at radius 2 is 1.88 bits per heavy atom. The molecule has 7 heteroatoms. The van der Waals surface area contributed by atoms with Gasteiger partial charge in [-0.3, -0.25) is 9.80 Å². The van der Waals surface area contributed by atoms with E-state index in [0.717, 1.165) is 55.5 Å². The predicted molar refractivity (Wildman–Crippen MR) is 134 cm³/mol. The SMILES string of the molecule is CCCCCC(c1ccc(C#N)c(C)c1)N1CCN(CCOC(=O)Sc2ccc(F)cc2)CC1. The van der Waals surface area contributed by atoms with Crippen molar-refractivity contribution in [2.24, 2.45) is 0 Å². The standard InChI is InChI=1S/C27H34FN3O2S/c1-3-4-5-6-26(22-7-8-23(20-29)21(2)19-22)31-15-13-30(14-16-31)17-18-33-27(32)34-25-11-9-24(28)10-12-25/h7-12,19,26H,3-6,13-18H2,1-2H3. The van der Waals surface area contributed by atoms with Gasteiger partial charge in [0.05, 0.1) is 11.6 Å². The number of nitriles is 1. The van der Waals surface area contributed by atoms with E-state index in [0.29, 0.717) is 24.1 Å². The van der Waals surface area contributed by atoms with Gasteiger partial charge >= 0.3 is 5.30 Å². The van der Waals surface area contributed by atoms with E-state index in [9.17, 15) is 14.4 Å². The number of halogens is 1. The summed E-state index contributed by atoms with van der Waals surface area (Å²) in [5.41, 5.74) is 3.08. The number of hydrogen-bond donors (Lipinski definition) is 0. The Morgan fingerprint density at radius 3 is 2.53 bits per heavy atom. The number of thioether (sulfide) groups is 1. The Morgan fingerprint density at radius 1 is 1.15 bits per heavy atom. The van der Waals surface area contributed by atoms with Crippen molar-refractivity contribution >= 4 is 17.1 Å². The lowest BCUT2D eigenvalue weighted by Gasteiger charge is -2.39. The minimum Gasteiger partial charge on any atom is -0.456 e. The summed E-state index contributed by atoms with van der Waals surface area (Å²) in [4.78, 5) is 17.6. The Hall–Kier alpha value is -2.40. The van der Waals surface area contributed by atoms with E-state index in [1.54, 1.807) is 12.1 Å². The first-order chi connectivity index (χ1) is 16.5. The van der Waals surface area contributed by atoms with Crippen LogP contribution in [0.25, 0.3) is 0 Å². The molecule has 1 aliphatic heterocycles. The van der Waals surface area contributed by atoms with Crippen LogP contribution in [-0.4, -0.2) is 54.4 Å². The molecule has 0 amide bonds. The molecule has 0 spiro atoms. The van der Waals surface area contributed by atoms with E-state index in [2.05, 4.69) is 34.9 Å². The zero-order valence-corrected chi connectivity index (χ0v) is 21.0. The van der Waals surface area contributed by atoms with Gasteiger partial charge in [-0.15, -0.1) is 0 Å². The van der Waals surface area contributed by atoms with E-state index < -0.39 is 0 Å². The Labute approximate surface area is 206 Å². The molecule has 2 aromatic carbocycles. The number of hydrogen-bond acceptors (Lipinski definition) is 6. The molecule has 0 saturated carbocycles. The number of aryl methyl sites for hydroxylation is 1. The van der Waals surface area contributed by atoms with Crippen LogP contribution in [0.3, 0.4) is 0 Å². The van der Waals surface area contributed by atoms with Gasteiger partial charge in [0.1, 0.15) is 12.4 Å². The van der Waals surface area contributed by atoms with Crippen LogP contribution >= 0.6 is 11.8 Å². The highest BCUT2D eigenvalue weighted by Gasteiger charge is 2.25. The number of carbonyl (C=O) groups is 1. The number of rotatable bonds is 10. The van der Waals surface area contributed by atoms with Crippen molar-refractivity contribution in [3.63, 3.8) is 0 Å². The van der Waals surface area contributed by atoms with Crippen LogP contribution in [0.2, 0.25) is 0 Å². The number of unbranched alkanes of at least 4 members (excludes halogenated alkanes) is 2. The quantitative estimate of drug-likeness (QED) is 0.229. The maximum atomic E-state index is 13.0. The zero-order chi connectivity index (χ0) is 24.3. The maximum absolute atomic E-state index is 13.0. The minimum atomic E-state index is -0.364. The molecule has 2 aromatic rings. The lowest BCUT2D eigenvalue weighted by atomic mass is 9.95. The molecular weight excluding hydrogens is 449 g/mol. The fourth-order valence-corrected chi connectivity index (χ4v) is 4.96. The summed E-state index contributed by atoms with van der Waals surface area (Å²) in [7, 11) is 0. The molecule has 5 nitrogen and oxygen atoms in total. The third kappa shape index (κ3) is 7.83. The first-order valence-corrected chi connectivity index (χ1v) is 12.9. The second-order valence-corrected chi connectivity index (χ2v) is 9.74. The highest BCUT2D eigenvalue weighted by Crippen LogP contribution is 2.29. The van der Waals surface area contributed by atoms with E-state index >= 15 is 0 Å². The van der Waals surface area contributed by atoms with E-state index in [-0.39, 0.29) is 11.1 Å². The highest BCUT2D eigenvalue weighted by molar-refractivity contribution is 8.13. The van der Waals surface area contributed by atoms with Crippen LogP contribution in [0, 0.1) is 24.1 Å². The lowest BCUT2D eigenvalue weighted by Crippen LogP contribution is -2.48. The van der Waals surface area contributed by atoms with Crippen LogP contribution in [0.15, 0.2) is 47.4 Å². The number of ether oxygens (including phenoxy) is 1. The van der Waals surface area contributed by atoms with Crippen LogP contribution in [0.5, 0.6) is 0 Å². The summed E-state index contributed by atoms with van der Waals surface area (Å²) in [6, 6.07) is 14.7. The Kier molecular flexibility index (Phi) is 10.4. The summed E-state index contributed by atoms with van der Waals surface area (Å²) in [5, 5.41) is 8.91. The second kappa shape index (κ2) is 13.5. The average molecular weight is 484 g/mol. The molecular formula is C27H34FN3O2S. The van der Waals surface area contributed by atoms with Crippen LogP contribution < -0.4 is 0 Å². The summed E-state index contributed by atoms with van der Waals surface area (Å²) >= 11 is 0.979. The average Bonchev–Trinajstić information content (AvgIpc) is 2.84. The van der Waals surface area contributed by atoms with Gasteiger partial charge in [0.2, 0.25) is 0 Å². The van der Waals surface area contributed by atoms with Gasteiger partial charge in [0.25, 0.3) is 0 Å². The van der Waals surface area contributed by atoms with Crippen molar-refractivity contribution in [2.45, 2.75) is 50.5 Å². The summed E-state index contributed by atoms with van der Waals surface area (Å²) in [5.74, 6) is -0.321. The van der Waals surface area contributed by atoms with Gasteiger partial charge in [-0.1, -0.05) is 38.3 Å². The molecule has 0 radical (unpaired) electrons. The van der Waals surface area contributed by atoms with E-state index in [1.807, 2.05) is 13.0 Å². The van der Waals surface area contributed by atoms with Gasteiger partial charge < -0.3 is 4.74 Å². The topological polar surface area (TPSA) is 56.6 Å². The second-order valence-electron chi connectivity index (χ2n) is 8.73. The molecule has 1 aliphatic rings. The molecule has 1 saturated heterocycles. The fourth-order valence-electron chi connectivity index (χ4n) is 4.35. The third-order valence-corrected chi connectivity index (χ3v) is 7.12. The van der Waals surface area contributed by atoms with Crippen molar-refractivity contribution < 1.29 is 13.9 Å². The molecule has 182 valence electrons. The van der Waals surface area contributed by atoms with Gasteiger partial charge in [-0.2, -0.15) is 5.26 Å². The van der Waals surface area contributed by atoms with Gasteiger partial charge in [-0.05, 0) is 66.6 Å². The first-order valence-electron chi connectivity index (χ1n) is 12.1. The molecule has 1 heterocycles. The van der Waals surface area contributed by atoms with Gasteiger partial charge in [0.15, 0.2) is 0 Å². The number of piperazine rings is 1. The number of carbonyl (C=O) groups excluding carboxylic acids is 1. The highest BCUT2D eigenvalue weighted by atomic mass is 32.2. The van der Waals surface area contributed by atoms with Crippen LogP contribution in [0.4, 0.5) is 9.18 Å². The Balaban J connectivity index is 1.47. The smallest absolute Gasteiger partial charge is 0.372 e. The molecule has 1 atom stereocenters. The minimum absolute atomic E-state index is 0.321. The van der Waals surface area contributed by atoms with Crippen molar-refractivity contribution in [2.75, 3.05) is 39.3 Å². The summed E-state index contributed by atoms with van der Waals surface area (Å²) in [6.45, 7) is 9.10. The summed E-state index contributed by atoms with van der Waals surface area (Å²) in [6.07, 6.45) is 4.75. The van der Waals surface area contributed by atoms with Crippen molar-refractivity contribution in [1.29, 1.82) is 5.26 Å². The number of nitrogens with zero attached hydrogens (tertiary/aromatic N) is 3. The van der Waals surface area contributed by atoms with Gasteiger partial charge in [-0.25, -0.2) is 9.18 Å². The molecule has 0 aromatic heterocycles. The lowest BCUT2D eigenvalue weighted by molar-refractivity contribution is 0.0762. The van der Waals surface area contributed by atoms with E-state index in [1.165, 1.54) is 37.0 Å². The molecule has 1 unspecified atom stereocenters. The molecule has 0 bridgehead atoms. The normalized spacial score (nSPS) is 15.6. The number of benzene rings is 2. The third-order valence-electron chi connectivity index (χ3n) is 6.33. The van der Waals surface area contributed by atoms with Gasteiger partial charge in [0, 0.05) is 43.7 Å². The molecule has 0 N–H and O–H groups in total. The zero-order valence-electron chi connectivity index (χ0n) is 20.1. The molecule has 0 aliphatic carbocycles. The first kappa shape index (κ1) is 26.2. The molecule has 1 fully saturated rings. The van der Waals surface area contributed by atoms with Crippen molar-refractivity contribution in [3.8, 4) is 6.07 Å². The molecule has 3 rings (SSSR count). The maximum Gasteiger partial charge on any atom is 0.372 e. The predicted octanol–water partition coefficient (Wildman–Crippen LogP) is 6.17. The summed E-state index contributed by atoms with van der Waals surface area (Å²) < 4.78 is 18.4.